The van der Waals surface area contributed by atoms with Crippen LogP contribution in [-0.2, 0) is 0 Å². The van der Waals surface area contributed by atoms with Gasteiger partial charge in [0.05, 0.1) is 0 Å². The molecule has 0 radical (unpaired) electrons. The highest BCUT2D eigenvalue weighted by molar-refractivity contribution is 5.39. The molecule has 86 valence electrons. The number of nitrogens with two attached hydrogens (primary N) is 1. The van der Waals surface area contributed by atoms with Crippen LogP contribution >= 0.6 is 0 Å². The molecule has 2 heteroatoms. The van der Waals surface area contributed by atoms with Gasteiger partial charge in [0.15, 0.2) is 0 Å². The maximum absolute atomic E-state index is 5.62. The Kier molecular flexibility index (Phi) is 6.80. The standard InChI is InChI=1S/C11H17NO.C2H6/c1-8-5-4-6-9(2)11(8)13-7-10(3)12;1-2/h4-6,10H,7,12H2,1-3H3;1-2H3. The fourth-order valence-corrected chi connectivity index (χ4v) is 1.24. The van der Waals surface area contributed by atoms with E-state index in [1.807, 2.05) is 52.8 Å². The van der Waals surface area contributed by atoms with Gasteiger partial charge in [0.2, 0.25) is 0 Å². The molecule has 0 bridgehead atoms. The van der Waals surface area contributed by atoms with Crippen LogP contribution in [0.4, 0.5) is 0 Å². The molecule has 15 heavy (non-hydrogen) atoms. The fourth-order valence-electron chi connectivity index (χ4n) is 1.24. The predicted octanol–water partition coefficient (Wildman–Crippen LogP) is 3.06. The van der Waals surface area contributed by atoms with Gasteiger partial charge in [0, 0.05) is 6.04 Å². The van der Waals surface area contributed by atoms with Crippen molar-refractivity contribution in [1.82, 2.24) is 0 Å². The van der Waals surface area contributed by atoms with Crippen LogP contribution in [0.5, 0.6) is 5.75 Å². The highest BCUT2D eigenvalue weighted by atomic mass is 16.5. The number of hydrogen-bond donors (Lipinski definition) is 1. The average molecular weight is 209 g/mol. The number of hydrogen-bond acceptors (Lipinski definition) is 2. The first kappa shape index (κ1) is 14.0. The van der Waals surface area contributed by atoms with Gasteiger partial charge in [0.1, 0.15) is 12.4 Å². The molecule has 0 aromatic heterocycles. The van der Waals surface area contributed by atoms with Crippen molar-refractivity contribution in [3.63, 3.8) is 0 Å². The van der Waals surface area contributed by atoms with E-state index in [9.17, 15) is 0 Å². The van der Waals surface area contributed by atoms with Gasteiger partial charge in [0.25, 0.3) is 0 Å². The summed E-state index contributed by atoms with van der Waals surface area (Å²) in [6.45, 7) is 10.6. The van der Waals surface area contributed by atoms with Gasteiger partial charge in [-0.15, -0.1) is 0 Å². The molecular weight excluding hydrogens is 186 g/mol. The second kappa shape index (κ2) is 7.30. The Morgan fingerprint density at radius 2 is 1.67 bits per heavy atom. The van der Waals surface area contributed by atoms with Gasteiger partial charge < -0.3 is 10.5 Å². The topological polar surface area (TPSA) is 35.2 Å². The lowest BCUT2D eigenvalue weighted by Crippen LogP contribution is -2.24. The molecule has 1 unspecified atom stereocenters. The van der Waals surface area contributed by atoms with Gasteiger partial charge in [-0.3, -0.25) is 0 Å². The summed E-state index contributed by atoms with van der Waals surface area (Å²) >= 11 is 0. The van der Waals surface area contributed by atoms with Gasteiger partial charge in [-0.25, -0.2) is 0 Å². The Bertz CT molecular complexity index is 262. The number of benzene rings is 1. The molecule has 1 aromatic rings. The minimum absolute atomic E-state index is 0.0824. The summed E-state index contributed by atoms with van der Waals surface area (Å²) in [7, 11) is 0. The number of para-hydroxylation sites is 1. The van der Waals surface area contributed by atoms with E-state index in [1.165, 1.54) is 11.1 Å². The molecular formula is C13H23NO. The first-order valence-electron chi connectivity index (χ1n) is 5.56. The van der Waals surface area contributed by atoms with Crippen LogP contribution in [-0.4, -0.2) is 12.6 Å². The molecule has 2 N–H and O–H groups in total. The van der Waals surface area contributed by atoms with Gasteiger partial charge in [-0.1, -0.05) is 32.0 Å². The summed E-state index contributed by atoms with van der Waals surface area (Å²) in [5.74, 6) is 0.972. The van der Waals surface area contributed by atoms with Crippen molar-refractivity contribution in [2.24, 2.45) is 5.73 Å². The molecule has 1 atom stereocenters. The molecule has 0 amide bonds. The predicted molar refractivity (Wildman–Crippen MR) is 66.4 cm³/mol. The second-order valence-electron chi connectivity index (χ2n) is 3.51. The van der Waals surface area contributed by atoms with Gasteiger partial charge in [-0.2, -0.15) is 0 Å². The van der Waals surface area contributed by atoms with Crippen molar-refractivity contribution in [2.45, 2.75) is 40.7 Å². The average Bonchev–Trinajstić information content (AvgIpc) is 2.20. The lowest BCUT2D eigenvalue weighted by molar-refractivity contribution is 0.292. The normalized spacial score (nSPS) is 11.3. The van der Waals surface area contributed by atoms with E-state index in [0.717, 1.165) is 5.75 Å². The van der Waals surface area contributed by atoms with E-state index in [4.69, 9.17) is 10.5 Å². The van der Waals surface area contributed by atoms with E-state index < -0.39 is 0 Å². The summed E-state index contributed by atoms with van der Waals surface area (Å²) in [5, 5.41) is 0. The van der Waals surface area contributed by atoms with Crippen LogP contribution in [0, 0.1) is 13.8 Å². The minimum Gasteiger partial charge on any atom is -0.491 e. The molecule has 0 fully saturated rings. The summed E-state index contributed by atoms with van der Waals surface area (Å²) in [5.41, 5.74) is 7.95. The third-order valence-electron chi connectivity index (χ3n) is 1.90. The van der Waals surface area contributed by atoms with Crippen LogP contribution in [0.2, 0.25) is 0 Å². The van der Waals surface area contributed by atoms with E-state index in [2.05, 4.69) is 0 Å². The molecule has 0 aliphatic rings. The third-order valence-corrected chi connectivity index (χ3v) is 1.90. The zero-order valence-corrected chi connectivity index (χ0v) is 10.5. The largest absolute Gasteiger partial charge is 0.491 e. The van der Waals surface area contributed by atoms with Gasteiger partial charge >= 0.3 is 0 Å². The lowest BCUT2D eigenvalue weighted by Gasteiger charge is -2.13. The van der Waals surface area contributed by atoms with Crippen molar-refractivity contribution in [1.29, 1.82) is 0 Å². The van der Waals surface area contributed by atoms with Crippen molar-refractivity contribution in [3.05, 3.63) is 29.3 Å². The summed E-state index contributed by atoms with van der Waals surface area (Å²) < 4.78 is 5.60. The van der Waals surface area contributed by atoms with Crippen molar-refractivity contribution >= 4 is 0 Å². The van der Waals surface area contributed by atoms with E-state index >= 15 is 0 Å². The van der Waals surface area contributed by atoms with Crippen LogP contribution in [0.15, 0.2) is 18.2 Å². The molecule has 0 aliphatic carbocycles. The van der Waals surface area contributed by atoms with E-state index in [-0.39, 0.29) is 6.04 Å². The zero-order chi connectivity index (χ0) is 11.8. The van der Waals surface area contributed by atoms with Crippen molar-refractivity contribution < 1.29 is 4.74 Å². The van der Waals surface area contributed by atoms with Crippen LogP contribution in [0.1, 0.15) is 31.9 Å². The van der Waals surface area contributed by atoms with E-state index in [0.29, 0.717) is 6.61 Å². The molecule has 0 heterocycles. The third kappa shape index (κ3) is 4.84. The number of aryl methyl sites for hydroxylation is 2. The second-order valence-corrected chi connectivity index (χ2v) is 3.51. The Morgan fingerprint density at radius 1 is 1.20 bits per heavy atom. The van der Waals surface area contributed by atoms with Gasteiger partial charge in [-0.05, 0) is 31.9 Å². The Balaban J connectivity index is 0.000000921. The first-order chi connectivity index (χ1) is 7.11. The minimum atomic E-state index is 0.0824. The molecule has 1 aromatic carbocycles. The Hall–Kier alpha value is -1.02. The first-order valence-corrected chi connectivity index (χ1v) is 5.56. The highest BCUT2D eigenvalue weighted by Crippen LogP contribution is 2.22. The molecule has 0 saturated carbocycles. The van der Waals surface area contributed by atoms with Crippen LogP contribution in [0.3, 0.4) is 0 Å². The zero-order valence-electron chi connectivity index (χ0n) is 10.5. The summed E-state index contributed by atoms with van der Waals surface area (Å²) in [4.78, 5) is 0. The SMILES string of the molecule is CC.Cc1cccc(C)c1OCC(C)N. The Labute approximate surface area is 93.4 Å². The fraction of sp³-hybridized carbons (Fsp3) is 0.538. The smallest absolute Gasteiger partial charge is 0.125 e. The maximum atomic E-state index is 5.62. The monoisotopic (exact) mass is 209 g/mol. The molecule has 2 nitrogen and oxygen atoms in total. The quantitative estimate of drug-likeness (QED) is 0.830. The van der Waals surface area contributed by atoms with E-state index in [1.54, 1.807) is 0 Å². The highest BCUT2D eigenvalue weighted by Gasteiger charge is 2.03. The van der Waals surface area contributed by atoms with Crippen LogP contribution < -0.4 is 10.5 Å². The van der Waals surface area contributed by atoms with Crippen LogP contribution in [0.25, 0.3) is 0 Å². The Morgan fingerprint density at radius 3 is 2.07 bits per heavy atom. The lowest BCUT2D eigenvalue weighted by atomic mass is 10.1. The number of rotatable bonds is 3. The summed E-state index contributed by atoms with van der Waals surface area (Å²) in [6.07, 6.45) is 0. The summed E-state index contributed by atoms with van der Waals surface area (Å²) in [6, 6.07) is 6.20. The molecule has 0 saturated heterocycles. The maximum Gasteiger partial charge on any atom is 0.125 e. The number of ether oxygens (including phenoxy) is 1. The molecule has 0 aliphatic heterocycles. The van der Waals surface area contributed by atoms with Crippen molar-refractivity contribution in [3.8, 4) is 5.75 Å². The van der Waals surface area contributed by atoms with Crippen molar-refractivity contribution in [2.75, 3.05) is 6.61 Å². The molecule has 1 rings (SSSR count). The molecule has 0 spiro atoms.